The SMILES string of the molecule is COc1ccc([C@@H](CC(=O)Nc2ccc(Cl)c(C(F)(F)F)c2)N(C)S(=O)(=O)c2ccccc2)cc1. The van der Waals surface area contributed by atoms with Gasteiger partial charge in [-0.1, -0.05) is 41.9 Å². The lowest BCUT2D eigenvalue weighted by Crippen LogP contribution is -2.33. The number of anilines is 1. The second-order valence-corrected chi connectivity index (χ2v) is 9.97. The third-order valence-corrected chi connectivity index (χ3v) is 7.50. The van der Waals surface area contributed by atoms with Gasteiger partial charge in [0.25, 0.3) is 0 Å². The van der Waals surface area contributed by atoms with Crippen molar-refractivity contribution in [2.75, 3.05) is 19.5 Å². The maximum absolute atomic E-state index is 13.2. The van der Waals surface area contributed by atoms with Gasteiger partial charge in [-0.05, 0) is 48.0 Å². The molecule has 1 N–H and O–H groups in total. The van der Waals surface area contributed by atoms with Crippen LogP contribution in [0.5, 0.6) is 5.75 Å². The van der Waals surface area contributed by atoms with Crippen molar-refractivity contribution in [2.45, 2.75) is 23.5 Å². The maximum atomic E-state index is 13.2. The van der Waals surface area contributed by atoms with Gasteiger partial charge >= 0.3 is 6.18 Å². The van der Waals surface area contributed by atoms with Crippen molar-refractivity contribution >= 4 is 33.2 Å². The van der Waals surface area contributed by atoms with Crippen molar-refractivity contribution in [3.63, 3.8) is 0 Å². The highest BCUT2D eigenvalue weighted by atomic mass is 35.5. The van der Waals surface area contributed by atoms with Crippen molar-refractivity contribution < 1.29 is 31.1 Å². The van der Waals surface area contributed by atoms with Gasteiger partial charge in [-0.2, -0.15) is 17.5 Å². The number of carbonyl (C=O) groups excluding carboxylic acids is 1. The Balaban J connectivity index is 1.92. The summed E-state index contributed by atoms with van der Waals surface area (Å²) in [6, 6.07) is 16.2. The maximum Gasteiger partial charge on any atom is 0.417 e. The Morgan fingerprint density at radius 2 is 1.69 bits per heavy atom. The number of carbonyl (C=O) groups is 1. The van der Waals surface area contributed by atoms with Gasteiger partial charge in [0.1, 0.15) is 5.75 Å². The largest absolute Gasteiger partial charge is 0.497 e. The molecular formula is C24H22ClF3N2O4S. The molecule has 0 saturated carbocycles. The highest BCUT2D eigenvalue weighted by molar-refractivity contribution is 7.89. The predicted molar refractivity (Wildman–Crippen MR) is 127 cm³/mol. The number of nitrogens with one attached hydrogen (secondary N) is 1. The van der Waals surface area contributed by atoms with E-state index in [2.05, 4.69) is 5.32 Å². The van der Waals surface area contributed by atoms with Crippen LogP contribution in [0.25, 0.3) is 0 Å². The quantitative estimate of drug-likeness (QED) is 0.405. The lowest BCUT2D eigenvalue weighted by atomic mass is 10.0. The van der Waals surface area contributed by atoms with E-state index in [1.54, 1.807) is 42.5 Å². The van der Waals surface area contributed by atoms with E-state index >= 15 is 0 Å². The number of halogens is 4. The third-order valence-electron chi connectivity index (χ3n) is 5.29. The number of amides is 1. The summed E-state index contributed by atoms with van der Waals surface area (Å²) in [6.45, 7) is 0. The van der Waals surface area contributed by atoms with Gasteiger partial charge in [0.05, 0.1) is 28.6 Å². The van der Waals surface area contributed by atoms with Crippen molar-refractivity contribution in [3.8, 4) is 5.75 Å². The highest BCUT2D eigenvalue weighted by Gasteiger charge is 2.34. The molecule has 1 amide bonds. The first-order valence-electron chi connectivity index (χ1n) is 10.3. The Kier molecular flexibility index (Phi) is 8.09. The van der Waals surface area contributed by atoms with Gasteiger partial charge in [0.2, 0.25) is 15.9 Å². The minimum Gasteiger partial charge on any atom is -0.497 e. The number of sulfonamides is 1. The second-order valence-electron chi connectivity index (χ2n) is 7.57. The lowest BCUT2D eigenvalue weighted by Gasteiger charge is -2.28. The molecule has 0 saturated heterocycles. The van der Waals surface area contributed by atoms with E-state index in [0.717, 1.165) is 16.4 Å². The standard InChI is InChI=1S/C24H22ClF3N2O4S/c1-30(35(32,33)19-6-4-3-5-7-19)22(16-8-11-18(34-2)12-9-16)15-23(31)29-17-10-13-21(25)20(14-17)24(26,27)28/h3-14,22H,15H2,1-2H3,(H,29,31)/t22-/m1/s1. The zero-order valence-corrected chi connectivity index (χ0v) is 20.3. The van der Waals surface area contributed by atoms with Gasteiger partial charge in [-0.15, -0.1) is 0 Å². The van der Waals surface area contributed by atoms with Gasteiger partial charge in [0.15, 0.2) is 0 Å². The number of nitrogens with zero attached hydrogens (tertiary/aromatic N) is 1. The molecule has 0 fully saturated rings. The Labute approximate surface area is 206 Å². The average molecular weight is 527 g/mol. The highest BCUT2D eigenvalue weighted by Crippen LogP contribution is 2.36. The molecular weight excluding hydrogens is 505 g/mol. The van der Waals surface area contributed by atoms with Crippen molar-refractivity contribution in [1.29, 1.82) is 0 Å². The molecule has 1 atom stereocenters. The lowest BCUT2D eigenvalue weighted by molar-refractivity contribution is -0.137. The summed E-state index contributed by atoms with van der Waals surface area (Å²) >= 11 is 5.64. The van der Waals surface area contributed by atoms with Crippen molar-refractivity contribution in [3.05, 3.63) is 88.9 Å². The zero-order valence-electron chi connectivity index (χ0n) is 18.7. The third kappa shape index (κ3) is 6.33. The predicted octanol–water partition coefficient (Wildman–Crippen LogP) is 5.76. The van der Waals surface area contributed by atoms with Crippen LogP contribution in [0.15, 0.2) is 77.7 Å². The van der Waals surface area contributed by atoms with Crippen LogP contribution in [0.3, 0.4) is 0 Å². The van der Waals surface area contributed by atoms with E-state index in [1.807, 2.05) is 0 Å². The Morgan fingerprint density at radius 1 is 1.06 bits per heavy atom. The molecule has 0 aliphatic rings. The molecule has 11 heteroatoms. The second kappa shape index (κ2) is 10.7. The smallest absolute Gasteiger partial charge is 0.417 e. The van der Waals surface area contributed by atoms with Crippen LogP contribution in [-0.2, 0) is 21.0 Å². The minimum atomic E-state index is -4.70. The molecule has 0 aromatic heterocycles. The van der Waals surface area contributed by atoms with Crippen LogP contribution in [0.1, 0.15) is 23.6 Å². The van der Waals surface area contributed by atoms with E-state index in [-0.39, 0.29) is 17.0 Å². The first kappa shape index (κ1) is 26.5. The summed E-state index contributed by atoms with van der Waals surface area (Å²) in [6.07, 6.45) is -5.06. The molecule has 186 valence electrons. The molecule has 0 radical (unpaired) electrons. The van der Waals surface area contributed by atoms with Crippen molar-refractivity contribution in [1.82, 2.24) is 4.31 Å². The molecule has 0 aliphatic heterocycles. The van der Waals surface area contributed by atoms with E-state index in [0.29, 0.717) is 11.3 Å². The topological polar surface area (TPSA) is 75.7 Å². The molecule has 35 heavy (non-hydrogen) atoms. The normalized spacial score (nSPS) is 12.9. The van der Waals surface area contributed by atoms with Gasteiger partial charge < -0.3 is 10.1 Å². The fraction of sp³-hybridized carbons (Fsp3) is 0.208. The Bertz CT molecular complexity index is 1280. The van der Waals surface area contributed by atoms with E-state index in [4.69, 9.17) is 16.3 Å². The van der Waals surface area contributed by atoms with Gasteiger partial charge in [-0.3, -0.25) is 4.79 Å². The first-order chi connectivity index (χ1) is 16.4. The van der Waals surface area contributed by atoms with Crippen LogP contribution in [0.2, 0.25) is 5.02 Å². The van der Waals surface area contributed by atoms with Crippen LogP contribution < -0.4 is 10.1 Å². The van der Waals surface area contributed by atoms with Gasteiger partial charge in [-0.25, -0.2) is 8.42 Å². The molecule has 6 nitrogen and oxygen atoms in total. The Hall–Kier alpha value is -3.08. The number of alkyl halides is 3. The summed E-state index contributed by atoms with van der Waals surface area (Å²) < 4.78 is 72.2. The first-order valence-corrected chi connectivity index (χ1v) is 12.1. The summed E-state index contributed by atoms with van der Waals surface area (Å²) in [5.41, 5.74) is -0.712. The number of methoxy groups -OCH3 is 1. The summed E-state index contributed by atoms with van der Waals surface area (Å²) in [5, 5.41) is 1.91. The van der Waals surface area contributed by atoms with E-state index < -0.39 is 38.7 Å². The molecule has 0 bridgehead atoms. The zero-order chi connectivity index (χ0) is 25.8. The minimum absolute atomic E-state index is 0.0361. The molecule has 0 unspecified atom stereocenters. The summed E-state index contributed by atoms with van der Waals surface area (Å²) in [4.78, 5) is 12.9. The van der Waals surface area contributed by atoms with Crippen molar-refractivity contribution in [2.24, 2.45) is 0 Å². The fourth-order valence-corrected chi connectivity index (χ4v) is 5.01. The molecule has 3 aromatic rings. The molecule has 3 rings (SSSR count). The van der Waals surface area contributed by atoms with Crippen LogP contribution in [-0.4, -0.2) is 32.8 Å². The van der Waals surface area contributed by atoms with Crippen LogP contribution in [0.4, 0.5) is 18.9 Å². The van der Waals surface area contributed by atoms with Crippen LogP contribution in [0, 0.1) is 0 Å². The number of hydrogen-bond acceptors (Lipinski definition) is 4. The van der Waals surface area contributed by atoms with E-state index in [9.17, 15) is 26.4 Å². The Morgan fingerprint density at radius 3 is 2.26 bits per heavy atom. The number of hydrogen-bond donors (Lipinski definition) is 1. The molecule has 3 aromatic carbocycles. The fourth-order valence-electron chi connectivity index (χ4n) is 3.42. The number of ether oxygens (including phenoxy) is 1. The van der Waals surface area contributed by atoms with Crippen LogP contribution >= 0.6 is 11.6 Å². The molecule has 0 spiro atoms. The van der Waals surface area contributed by atoms with Gasteiger partial charge in [0, 0.05) is 19.2 Å². The summed E-state index contributed by atoms with van der Waals surface area (Å²) in [5.74, 6) is -0.150. The van der Waals surface area contributed by atoms with E-state index in [1.165, 1.54) is 32.4 Å². The monoisotopic (exact) mass is 526 g/mol. The summed E-state index contributed by atoms with van der Waals surface area (Å²) in [7, 11) is -1.18. The number of benzene rings is 3. The average Bonchev–Trinajstić information content (AvgIpc) is 2.83. The number of rotatable bonds is 8. The molecule has 0 heterocycles. The molecule has 0 aliphatic carbocycles.